The Morgan fingerprint density at radius 2 is 2.00 bits per heavy atom. The van der Waals surface area contributed by atoms with Gasteiger partial charge in [-0.05, 0) is 18.6 Å². The molecule has 0 saturated heterocycles. The number of hydrogen-bond donors (Lipinski definition) is 2. The van der Waals surface area contributed by atoms with Gasteiger partial charge in [0.1, 0.15) is 0 Å². The Bertz CT molecular complexity index is 432. The number of esters is 1. The molecule has 0 atom stereocenters. The number of rotatable bonds is 7. The summed E-state index contributed by atoms with van der Waals surface area (Å²) in [6.07, 6.45) is 2.00. The zero-order valence-corrected chi connectivity index (χ0v) is 11.4. The Morgan fingerprint density at radius 1 is 1.26 bits per heavy atom. The van der Waals surface area contributed by atoms with E-state index in [1.165, 1.54) is 7.11 Å². The highest BCUT2D eigenvalue weighted by atomic mass is 16.5. The Kier molecular flexibility index (Phi) is 6.43. The molecule has 0 unspecified atom stereocenters. The Labute approximate surface area is 113 Å². The second-order valence-corrected chi connectivity index (χ2v) is 4.09. The lowest BCUT2D eigenvalue weighted by atomic mass is 10.2. The summed E-state index contributed by atoms with van der Waals surface area (Å²) >= 11 is 0. The minimum Gasteiger partial charge on any atom is -0.465 e. The Hall–Kier alpha value is -2.04. The molecule has 1 aromatic rings. The van der Waals surface area contributed by atoms with E-state index in [-0.39, 0.29) is 12.5 Å². The van der Waals surface area contributed by atoms with Gasteiger partial charge in [0, 0.05) is 12.2 Å². The quantitative estimate of drug-likeness (QED) is 0.582. The molecule has 2 N–H and O–H groups in total. The molecule has 0 fully saturated rings. The van der Waals surface area contributed by atoms with Crippen molar-refractivity contribution in [3.05, 3.63) is 29.8 Å². The number of carbonyl (C=O) groups is 2. The van der Waals surface area contributed by atoms with E-state index in [1.807, 2.05) is 0 Å². The topological polar surface area (TPSA) is 67.4 Å². The summed E-state index contributed by atoms with van der Waals surface area (Å²) in [5, 5.41) is 5.74. The van der Waals surface area contributed by atoms with E-state index in [4.69, 9.17) is 0 Å². The Balaban J connectivity index is 2.53. The first kappa shape index (κ1) is 15.0. The van der Waals surface area contributed by atoms with Crippen molar-refractivity contribution in [1.29, 1.82) is 0 Å². The van der Waals surface area contributed by atoms with Crippen molar-refractivity contribution in [3.63, 3.8) is 0 Å². The number of methoxy groups -OCH3 is 1. The van der Waals surface area contributed by atoms with Gasteiger partial charge in [0.05, 0.1) is 19.2 Å². The number of benzene rings is 1. The molecule has 1 aromatic carbocycles. The third-order valence-electron chi connectivity index (χ3n) is 2.62. The van der Waals surface area contributed by atoms with Crippen molar-refractivity contribution in [1.82, 2.24) is 5.32 Å². The molecule has 0 saturated carbocycles. The van der Waals surface area contributed by atoms with Crippen molar-refractivity contribution in [2.45, 2.75) is 19.8 Å². The summed E-state index contributed by atoms with van der Waals surface area (Å²) in [5.74, 6) is -0.511. The van der Waals surface area contributed by atoms with Crippen molar-refractivity contribution >= 4 is 17.6 Å². The number of amides is 1. The predicted octanol–water partition coefficient (Wildman–Crippen LogP) is 1.80. The van der Waals surface area contributed by atoms with E-state index < -0.39 is 5.97 Å². The van der Waals surface area contributed by atoms with Crippen LogP contribution in [0.2, 0.25) is 0 Å². The standard InChI is InChI=1S/C14H20N2O3/c1-3-4-9-15-13(17)10-16-12-8-6-5-7-11(12)14(18)19-2/h5-8,16H,3-4,9-10H2,1-2H3,(H,15,17). The fourth-order valence-corrected chi connectivity index (χ4v) is 1.57. The molecule has 0 bridgehead atoms. The lowest BCUT2D eigenvalue weighted by Crippen LogP contribution is -2.30. The SMILES string of the molecule is CCCCNC(=O)CNc1ccccc1C(=O)OC. The first-order valence-corrected chi connectivity index (χ1v) is 6.37. The molecule has 0 radical (unpaired) electrons. The smallest absolute Gasteiger partial charge is 0.339 e. The van der Waals surface area contributed by atoms with E-state index in [2.05, 4.69) is 22.3 Å². The molecule has 0 heterocycles. The van der Waals surface area contributed by atoms with Crippen LogP contribution < -0.4 is 10.6 Å². The third kappa shape index (κ3) is 4.99. The highest BCUT2D eigenvalue weighted by Crippen LogP contribution is 2.15. The molecule has 1 rings (SSSR count). The van der Waals surface area contributed by atoms with E-state index in [0.29, 0.717) is 17.8 Å². The minimum absolute atomic E-state index is 0.0897. The zero-order valence-electron chi connectivity index (χ0n) is 11.4. The highest BCUT2D eigenvalue weighted by molar-refractivity contribution is 5.96. The largest absolute Gasteiger partial charge is 0.465 e. The lowest BCUT2D eigenvalue weighted by molar-refractivity contribution is -0.119. The summed E-state index contributed by atoms with van der Waals surface area (Å²) in [6.45, 7) is 2.88. The molecular weight excluding hydrogens is 244 g/mol. The Morgan fingerprint density at radius 3 is 2.68 bits per heavy atom. The number of ether oxygens (including phenoxy) is 1. The van der Waals surface area contributed by atoms with E-state index in [1.54, 1.807) is 24.3 Å². The van der Waals surface area contributed by atoms with Crippen LogP contribution in [0.5, 0.6) is 0 Å². The van der Waals surface area contributed by atoms with E-state index in [9.17, 15) is 9.59 Å². The van der Waals surface area contributed by atoms with Gasteiger partial charge in [0.25, 0.3) is 0 Å². The van der Waals surface area contributed by atoms with Gasteiger partial charge in [0.15, 0.2) is 0 Å². The summed E-state index contributed by atoms with van der Waals surface area (Å²) in [4.78, 5) is 23.1. The number of hydrogen-bond acceptors (Lipinski definition) is 4. The molecule has 0 aliphatic rings. The van der Waals surface area contributed by atoms with Crippen LogP contribution in [-0.2, 0) is 9.53 Å². The number of nitrogens with one attached hydrogen (secondary N) is 2. The second kappa shape index (κ2) is 8.13. The maximum absolute atomic E-state index is 11.6. The van der Waals surface area contributed by atoms with E-state index in [0.717, 1.165) is 12.8 Å². The molecule has 1 amide bonds. The fourth-order valence-electron chi connectivity index (χ4n) is 1.57. The molecule has 5 heteroatoms. The van der Waals surface area contributed by atoms with Crippen molar-refractivity contribution in [3.8, 4) is 0 Å². The molecular formula is C14H20N2O3. The van der Waals surface area contributed by atoms with Gasteiger partial charge in [-0.3, -0.25) is 4.79 Å². The van der Waals surface area contributed by atoms with Gasteiger partial charge in [0.2, 0.25) is 5.91 Å². The van der Waals surface area contributed by atoms with Crippen molar-refractivity contribution in [2.24, 2.45) is 0 Å². The van der Waals surface area contributed by atoms with Gasteiger partial charge in [-0.25, -0.2) is 4.79 Å². The number of para-hydroxylation sites is 1. The van der Waals surface area contributed by atoms with Gasteiger partial charge >= 0.3 is 5.97 Å². The third-order valence-corrected chi connectivity index (χ3v) is 2.62. The van der Waals surface area contributed by atoms with Crippen LogP contribution >= 0.6 is 0 Å². The molecule has 19 heavy (non-hydrogen) atoms. The van der Waals surface area contributed by atoms with Crippen LogP contribution in [0, 0.1) is 0 Å². The molecule has 0 aliphatic carbocycles. The van der Waals surface area contributed by atoms with Crippen molar-refractivity contribution < 1.29 is 14.3 Å². The minimum atomic E-state index is -0.422. The highest BCUT2D eigenvalue weighted by Gasteiger charge is 2.11. The number of anilines is 1. The maximum Gasteiger partial charge on any atom is 0.339 e. The summed E-state index contributed by atoms with van der Waals surface area (Å²) < 4.78 is 4.68. The first-order valence-electron chi connectivity index (χ1n) is 6.37. The molecule has 0 aromatic heterocycles. The summed E-state index contributed by atoms with van der Waals surface area (Å²) in [5.41, 5.74) is 1.02. The van der Waals surface area contributed by atoms with Crippen LogP contribution in [0.3, 0.4) is 0 Å². The van der Waals surface area contributed by atoms with Crippen molar-refractivity contribution in [2.75, 3.05) is 25.5 Å². The van der Waals surface area contributed by atoms with Crippen LogP contribution in [0.4, 0.5) is 5.69 Å². The molecule has 0 spiro atoms. The van der Waals surface area contributed by atoms with E-state index >= 15 is 0 Å². The average molecular weight is 264 g/mol. The molecule has 0 aliphatic heterocycles. The van der Waals surface area contributed by atoms with Gasteiger partial charge in [-0.15, -0.1) is 0 Å². The maximum atomic E-state index is 11.6. The van der Waals surface area contributed by atoms with Crippen LogP contribution in [0.1, 0.15) is 30.1 Å². The fraction of sp³-hybridized carbons (Fsp3) is 0.429. The van der Waals surface area contributed by atoms with Crippen LogP contribution in [-0.4, -0.2) is 32.1 Å². The summed E-state index contributed by atoms with van der Waals surface area (Å²) in [7, 11) is 1.33. The first-order chi connectivity index (χ1) is 9.19. The zero-order chi connectivity index (χ0) is 14.1. The number of carbonyl (C=O) groups excluding carboxylic acids is 2. The summed E-state index contributed by atoms with van der Waals surface area (Å²) in [6, 6.07) is 6.94. The number of unbranched alkanes of at least 4 members (excludes halogenated alkanes) is 1. The van der Waals surface area contributed by atoms with Crippen LogP contribution in [0.25, 0.3) is 0 Å². The normalized spacial score (nSPS) is 9.79. The predicted molar refractivity (Wildman–Crippen MR) is 74.2 cm³/mol. The van der Waals surface area contributed by atoms with Gasteiger partial charge in [-0.2, -0.15) is 0 Å². The lowest BCUT2D eigenvalue weighted by Gasteiger charge is -2.10. The van der Waals surface area contributed by atoms with Gasteiger partial charge in [-0.1, -0.05) is 25.5 Å². The molecule has 5 nitrogen and oxygen atoms in total. The van der Waals surface area contributed by atoms with Crippen LogP contribution in [0.15, 0.2) is 24.3 Å². The monoisotopic (exact) mass is 264 g/mol. The van der Waals surface area contributed by atoms with Gasteiger partial charge < -0.3 is 15.4 Å². The second-order valence-electron chi connectivity index (χ2n) is 4.09. The molecule has 104 valence electrons. The average Bonchev–Trinajstić information content (AvgIpc) is 2.45.